The highest BCUT2D eigenvalue weighted by Crippen LogP contribution is 2.35. The maximum Gasteiger partial charge on any atom is 0.261 e. The second-order valence-corrected chi connectivity index (χ2v) is 16.1. The van der Waals surface area contributed by atoms with E-state index in [1.165, 1.54) is 22.7 Å². The fourth-order valence-electron chi connectivity index (χ4n) is 6.07. The summed E-state index contributed by atoms with van der Waals surface area (Å²) >= 11 is 12.6. The molecule has 0 aliphatic carbocycles. The van der Waals surface area contributed by atoms with Gasteiger partial charge in [0.05, 0.1) is 27.6 Å². The molecule has 14 heteroatoms. The molecule has 244 valence electrons. The largest absolute Gasteiger partial charge is 0.369 e. The van der Waals surface area contributed by atoms with Crippen molar-refractivity contribution in [3.05, 3.63) is 94.1 Å². The Morgan fingerprint density at radius 3 is 2.33 bits per heavy atom. The van der Waals surface area contributed by atoms with Gasteiger partial charge in [-0.3, -0.25) is 14.3 Å². The van der Waals surface area contributed by atoms with Gasteiger partial charge in [0, 0.05) is 86.3 Å². The number of rotatable bonds is 10. The van der Waals surface area contributed by atoms with Crippen LogP contribution in [-0.4, -0.2) is 81.3 Å². The predicted octanol–water partition coefficient (Wildman–Crippen LogP) is 5.19. The molecule has 1 fully saturated rings. The molecule has 0 radical (unpaired) electrons. The molecule has 2 aliphatic heterocycles. The van der Waals surface area contributed by atoms with E-state index in [2.05, 4.69) is 20.6 Å². The van der Waals surface area contributed by atoms with Gasteiger partial charge in [0.15, 0.2) is 0 Å². The highest BCUT2D eigenvalue weighted by Gasteiger charge is 2.30. The van der Waals surface area contributed by atoms with Gasteiger partial charge in [-0.2, -0.15) is 9.40 Å². The lowest BCUT2D eigenvalue weighted by Gasteiger charge is -2.36. The zero-order chi connectivity index (χ0) is 32.5. The van der Waals surface area contributed by atoms with Crippen molar-refractivity contribution in [2.75, 3.05) is 55.1 Å². The van der Waals surface area contributed by atoms with E-state index < -0.39 is 20.0 Å². The van der Waals surface area contributed by atoms with Crippen LogP contribution in [0.15, 0.2) is 77.7 Å². The van der Waals surface area contributed by atoms with Crippen molar-refractivity contribution in [2.24, 2.45) is 0 Å². The predicted molar refractivity (Wildman–Crippen MR) is 184 cm³/mol. The summed E-state index contributed by atoms with van der Waals surface area (Å²) in [7, 11) is -7.30. The van der Waals surface area contributed by atoms with Gasteiger partial charge in [-0.05, 0) is 48.9 Å². The average Bonchev–Trinajstić information content (AvgIpc) is 3.40. The second-order valence-electron chi connectivity index (χ2n) is 11.6. The molecule has 0 bridgehead atoms. The molecule has 1 N–H and O–H groups in total. The third kappa shape index (κ3) is 7.37. The molecule has 0 atom stereocenters. The van der Waals surface area contributed by atoms with Crippen LogP contribution in [-0.2, 0) is 39.6 Å². The molecule has 46 heavy (non-hydrogen) atoms. The first-order valence-corrected chi connectivity index (χ1v) is 19.2. The van der Waals surface area contributed by atoms with Crippen molar-refractivity contribution in [3.63, 3.8) is 0 Å². The summed E-state index contributed by atoms with van der Waals surface area (Å²) in [4.78, 5) is 4.92. The molecule has 3 aromatic carbocycles. The van der Waals surface area contributed by atoms with Crippen LogP contribution in [0.1, 0.15) is 17.7 Å². The lowest BCUT2D eigenvalue weighted by atomic mass is 10.0. The third-order valence-corrected chi connectivity index (χ3v) is 11.7. The van der Waals surface area contributed by atoms with Crippen LogP contribution in [0.5, 0.6) is 0 Å². The molecule has 0 amide bonds. The number of aryl methyl sites for hydroxylation is 1. The zero-order valence-corrected chi connectivity index (χ0v) is 28.6. The molecule has 6 rings (SSSR count). The Morgan fingerprint density at radius 2 is 1.61 bits per heavy atom. The molecule has 4 aromatic rings. The number of hydrogen-bond donors (Lipinski definition) is 1. The first-order chi connectivity index (χ1) is 22.0. The molecule has 10 nitrogen and oxygen atoms in total. The van der Waals surface area contributed by atoms with E-state index in [9.17, 15) is 16.8 Å². The molecule has 0 saturated carbocycles. The number of halogens is 2. The number of aromatic nitrogens is 2. The number of piperazine rings is 1. The molecule has 3 heterocycles. The molecule has 2 aliphatic rings. The minimum Gasteiger partial charge on any atom is -0.369 e. The standard InChI is InChI=1S/C32H36Cl2N6O4S2/c1-45(41,42)39-16-13-31-28(23-39)32(24-11-12-29(34)30(21-24)36-46(43,44)27-9-3-2-4-10-27)35-40(31)15-6-14-37-17-19-38(20-18-37)26-8-5-7-25(33)22-26/h2-5,7-12,21-22,36H,6,13-20,23H2,1H3. The van der Waals surface area contributed by atoms with Crippen molar-refractivity contribution in [1.82, 2.24) is 19.0 Å². The molecular formula is C32H36Cl2N6O4S2. The number of nitrogens with one attached hydrogen (secondary N) is 1. The maximum atomic E-state index is 13.1. The van der Waals surface area contributed by atoms with Crippen LogP contribution in [0.2, 0.25) is 10.0 Å². The van der Waals surface area contributed by atoms with Crippen LogP contribution in [0.3, 0.4) is 0 Å². The minimum absolute atomic E-state index is 0.118. The monoisotopic (exact) mass is 702 g/mol. The Hall–Kier alpha value is -3.13. The van der Waals surface area contributed by atoms with Crippen LogP contribution in [0.4, 0.5) is 11.4 Å². The van der Waals surface area contributed by atoms with Crippen molar-refractivity contribution in [3.8, 4) is 11.3 Å². The Balaban J connectivity index is 1.20. The summed E-state index contributed by atoms with van der Waals surface area (Å²) in [6.45, 7) is 5.92. The molecule has 0 unspecified atom stereocenters. The fraction of sp³-hybridized carbons (Fsp3) is 0.344. The van der Waals surface area contributed by atoms with Gasteiger partial charge in [-0.1, -0.05) is 53.5 Å². The Labute approximate surface area is 280 Å². The highest BCUT2D eigenvalue weighted by molar-refractivity contribution is 7.92. The highest BCUT2D eigenvalue weighted by atomic mass is 35.5. The minimum atomic E-state index is -3.88. The van der Waals surface area contributed by atoms with Gasteiger partial charge < -0.3 is 4.90 Å². The van der Waals surface area contributed by atoms with E-state index in [1.54, 1.807) is 36.4 Å². The van der Waals surface area contributed by atoms with E-state index in [-0.39, 0.29) is 22.2 Å². The number of hydrogen-bond acceptors (Lipinski definition) is 7. The molecule has 0 spiro atoms. The number of anilines is 2. The SMILES string of the molecule is CS(=O)(=O)N1CCc2c(c(-c3ccc(Cl)c(NS(=O)(=O)c4ccccc4)c3)nn2CCCN2CCN(c3cccc(Cl)c3)CC2)C1. The van der Waals surface area contributed by atoms with E-state index in [4.69, 9.17) is 28.3 Å². The zero-order valence-electron chi connectivity index (χ0n) is 25.4. The van der Waals surface area contributed by atoms with Crippen LogP contribution < -0.4 is 9.62 Å². The van der Waals surface area contributed by atoms with Gasteiger partial charge >= 0.3 is 0 Å². The Kier molecular flexibility index (Phi) is 9.65. The maximum absolute atomic E-state index is 13.1. The number of benzene rings is 3. The first kappa shape index (κ1) is 32.8. The lowest BCUT2D eigenvalue weighted by molar-refractivity contribution is 0.248. The number of nitrogens with zero attached hydrogens (tertiary/aromatic N) is 5. The van der Waals surface area contributed by atoms with Crippen LogP contribution in [0, 0.1) is 0 Å². The van der Waals surface area contributed by atoms with Gasteiger partial charge in [0.25, 0.3) is 10.0 Å². The summed E-state index contributed by atoms with van der Waals surface area (Å²) in [6, 6.07) is 21.1. The van der Waals surface area contributed by atoms with Gasteiger partial charge in [0.2, 0.25) is 10.0 Å². The van der Waals surface area contributed by atoms with Crippen LogP contribution in [0.25, 0.3) is 11.3 Å². The van der Waals surface area contributed by atoms with E-state index >= 15 is 0 Å². The normalized spacial score (nSPS) is 16.4. The quantitative estimate of drug-likeness (QED) is 0.243. The summed E-state index contributed by atoms with van der Waals surface area (Å²) < 4.78 is 57.2. The molecular weight excluding hydrogens is 667 g/mol. The molecule has 1 aromatic heterocycles. The van der Waals surface area contributed by atoms with Gasteiger partial charge in [-0.15, -0.1) is 0 Å². The topological polar surface area (TPSA) is 108 Å². The van der Waals surface area contributed by atoms with Crippen molar-refractivity contribution < 1.29 is 16.8 Å². The van der Waals surface area contributed by atoms with E-state index in [1.807, 2.05) is 22.9 Å². The number of fused-ring (bicyclic) bond motifs is 1. The Bertz CT molecular complexity index is 1930. The smallest absolute Gasteiger partial charge is 0.261 e. The fourth-order valence-corrected chi connectivity index (χ4v) is 8.35. The van der Waals surface area contributed by atoms with Gasteiger partial charge in [0.1, 0.15) is 0 Å². The van der Waals surface area contributed by atoms with Gasteiger partial charge in [-0.25, -0.2) is 16.8 Å². The van der Waals surface area contributed by atoms with Crippen molar-refractivity contribution >= 4 is 54.6 Å². The van der Waals surface area contributed by atoms with E-state index in [0.29, 0.717) is 30.8 Å². The van der Waals surface area contributed by atoms with Crippen LogP contribution >= 0.6 is 23.2 Å². The summed E-state index contributed by atoms with van der Waals surface area (Å²) in [5.41, 5.74) is 4.46. The summed E-state index contributed by atoms with van der Waals surface area (Å²) in [6.07, 6.45) is 2.63. The third-order valence-electron chi connectivity index (χ3n) is 8.50. The average molecular weight is 704 g/mol. The summed E-state index contributed by atoms with van der Waals surface area (Å²) in [5.74, 6) is 0. The first-order valence-electron chi connectivity index (χ1n) is 15.1. The van der Waals surface area contributed by atoms with E-state index in [0.717, 1.165) is 61.1 Å². The summed E-state index contributed by atoms with van der Waals surface area (Å²) in [5, 5.41) is 5.96. The van der Waals surface area contributed by atoms with Crippen molar-refractivity contribution in [2.45, 2.75) is 30.8 Å². The Morgan fingerprint density at radius 1 is 0.848 bits per heavy atom. The second kappa shape index (κ2) is 13.5. The molecule has 1 saturated heterocycles. The van der Waals surface area contributed by atoms with Crippen molar-refractivity contribution in [1.29, 1.82) is 0 Å². The lowest BCUT2D eigenvalue weighted by Crippen LogP contribution is -2.46. The number of sulfonamides is 2.